The summed E-state index contributed by atoms with van der Waals surface area (Å²) in [5.41, 5.74) is 13.9. The van der Waals surface area contributed by atoms with Crippen molar-refractivity contribution in [3.63, 3.8) is 0 Å². The summed E-state index contributed by atoms with van der Waals surface area (Å²) in [6.07, 6.45) is -11.0. The van der Waals surface area contributed by atoms with E-state index in [2.05, 4.69) is 5.32 Å². The number of aliphatic hydroxyl groups is 16. The Labute approximate surface area is 244 Å². The number of nitrogens with two attached hydrogens (primary N) is 3. The van der Waals surface area contributed by atoms with Gasteiger partial charge in [0.1, 0.15) is 49.1 Å². The van der Waals surface area contributed by atoms with E-state index in [9.17, 15) is 0 Å². The Kier molecular flexibility index (Phi) is 31.8. The number of aliphatic hydroxyl groups excluding tert-OH is 16. The fraction of sp³-hybridized carbons (Fsp3) is 1.00. The Morgan fingerprint density at radius 1 is 0.524 bits per heavy atom. The lowest BCUT2D eigenvalue weighted by atomic mass is 9.90. The number of nitrogens with one attached hydrogen (secondary N) is 1. The van der Waals surface area contributed by atoms with Crippen molar-refractivity contribution in [1.29, 1.82) is 0 Å². The number of hydrogen-bond donors (Lipinski definition) is 20. The Morgan fingerprint density at radius 2 is 0.833 bits per heavy atom. The van der Waals surface area contributed by atoms with Crippen LogP contribution in [-0.2, 0) is 0 Å². The van der Waals surface area contributed by atoms with Gasteiger partial charge in [0, 0.05) is 25.4 Å². The zero-order valence-corrected chi connectivity index (χ0v) is 23.8. The maximum absolute atomic E-state index is 9.05. The molecule has 20 heteroatoms. The normalized spacial score (nSPS) is 17.4. The molecule has 0 heterocycles. The molecule has 20 nitrogen and oxygen atoms in total. The van der Waals surface area contributed by atoms with Crippen LogP contribution in [0.1, 0.15) is 19.3 Å². The molecule has 0 aliphatic heterocycles. The molecule has 0 aliphatic rings. The van der Waals surface area contributed by atoms with E-state index in [1.165, 1.54) is 7.05 Å². The van der Waals surface area contributed by atoms with Gasteiger partial charge in [0.15, 0.2) is 0 Å². The van der Waals surface area contributed by atoms with E-state index in [4.69, 9.17) is 98.9 Å². The van der Waals surface area contributed by atoms with E-state index >= 15 is 0 Å². The van der Waals surface area contributed by atoms with Crippen LogP contribution in [0.3, 0.4) is 0 Å². The summed E-state index contributed by atoms with van der Waals surface area (Å²) in [6.45, 7) is -2.59. The molecule has 0 amide bonds. The second-order valence-electron chi connectivity index (χ2n) is 9.31. The summed E-state index contributed by atoms with van der Waals surface area (Å²) in [4.78, 5) is 0. The predicted octanol–water partition coefficient (Wildman–Crippen LogP) is -10.6. The molecule has 0 aromatic rings. The van der Waals surface area contributed by atoms with Crippen molar-refractivity contribution in [1.82, 2.24) is 5.32 Å². The molecule has 8 atom stereocenters. The van der Waals surface area contributed by atoms with Crippen LogP contribution in [0.25, 0.3) is 0 Å². The average molecular weight is 633 g/mol. The molecule has 0 saturated heterocycles. The maximum Gasteiger partial charge on any atom is 0.133 e. The molecule has 8 unspecified atom stereocenters. The van der Waals surface area contributed by atoms with E-state index in [1.807, 2.05) is 0 Å². The SMILES string of the molecule is CNC(O)C(O)C(O)C(O)CO.NC(CCO)(CCO)CCO.NC(CO)(CO)CO.NC(O)C(O)C(O)C(O)CO. The molecule has 0 bridgehead atoms. The van der Waals surface area contributed by atoms with Gasteiger partial charge in [0.25, 0.3) is 0 Å². The summed E-state index contributed by atoms with van der Waals surface area (Å²) in [7, 11) is 1.38. The molecular weight excluding hydrogens is 576 g/mol. The quantitative estimate of drug-likeness (QED) is 0.0623. The smallest absolute Gasteiger partial charge is 0.133 e. The van der Waals surface area contributed by atoms with Gasteiger partial charge in [0.05, 0.1) is 38.6 Å². The van der Waals surface area contributed by atoms with Gasteiger partial charge in [-0.2, -0.15) is 0 Å². The molecule has 42 heavy (non-hydrogen) atoms. The summed E-state index contributed by atoms with van der Waals surface area (Å²) >= 11 is 0. The second-order valence-corrected chi connectivity index (χ2v) is 9.31. The first-order valence-corrected chi connectivity index (χ1v) is 12.7. The Balaban J connectivity index is -0.000000231. The fourth-order valence-corrected chi connectivity index (χ4v) is 2.42. The van der Waals surface area contributed by atoms with Crippen molar-refractivity contribution in [3.05, 3.63) is 0 Å². The number of rotatable bonds is 18. The highest BCUT2D eigenvalue weighted by atomic mass is 16.4. The Morgan fingerprint density at radius 3 is 1.02 bits per heavy atom. The molecule has 0 aromatic carbocycles. The van der Waals surface area contributed by atoms with Gasteiger partial charge < -0.3 is 98.9 Å². The van der Waals surface area contributed by atoms with Gasteiger partial charge in [-0.15, -0.1) is 0 Å². The van der Waals surface area contributed by atoms with Crippen LogP contribution < -0.4 is 22.5 Å². The molecule has 23 N–H and O–H groups in total. The second kappa shape index (κ2) is 27.7. The van der Waals surface area contributed by atoms with Gasteiger partial charge in [-0.25, -0.2) is 0 Å². The first kappa shape index (κ1) is 48.1. The highest BCUT2D eigenvalue weighted by Crippen LogP contribution is 2.15. The standard InChI is InChI=1S/C7H17NO3.C6H15NO5.C5H13NO5.C4H11NO3/c8-7(1-4-9,2-5-10)3-6-11;1-7-6(12)5(11)4(10)3(9)2-8;6-5(11)4(10)3(9)2(8)1-7;5-4(1-6,2-7)3-8/h9-11H,1-6,8H2;3-12H,2H2,1H3;2-5,7-11H,1,6H2;6-8H,1-3,5H2. The van der Waals surface area contributed by atoms with Gasteiger partial charge in [-0.1, -0.05) is 0 Å². The number of hydrogen-bond acceptors (Lipinski definition) is 20. The molecule has 0 radical (unpaired) electrons. The van der Waals surface area contributed by atoms with Crippen molar-refractivity contribution in [3.8, 4) is 0 Å². The molecule has 0 saturated carbocycles. The van der Waals surface area contributed by atoms with Crippen molar-refractivity contribution in [2.24, 2.45) is 17.2 Å². The molecule has 0 spiro atoms. The molecule has 260 valence electrons. The van der Waals surface area contributed by atoms with Crippen molar-refractivity contribution in [2.75, 3.05) is 59.9 Å². The van der Waals surface area contributed by atoms with E-state index in [-0.39, 0.29) is 19.8 Å². The molecule has 0 aromatic heterocycles. The summed E-state index contributed by atoms with van der Waals surface area (Å²) in [5.74, 6) is 0. The molecule has 0 fully saturated rings. The van der Waals surface area contributed by atoms with Crippen LogP contribution >= 0.6 is 0 Å². The average Bonchev–Trinajstić information content (AvgIpc) is 2.98. The minimum absolute atomic E-state index is 0.00347. The third-order valence-electron chi connectivity index (χ3n) is 5.61. The van der Waals surface area contributed by atoms with Crippen LogP contribution in [-0.4, -0.2) is 202 Å². The maximum atomic E-state index is 9.05. The highest BCUT2D eigenvalue weighted by molar-refractivity contribution is 4.83. The summed E-state index contributed by atoms with van der Waals surface area (Å²) in [5, 5.41) is 141. The van der Waals surface area contributed by atoms with Crippen molar-refractivity contribution < 1.29 is 81.7 Å². The van der Waals surface area contributed by atoms with E-state index in [0.29, 0.717) is 19.3 Å². The minimum atomic E-state index is -1.66. The monoisotopic (exact) mass is 632 g/mol. The minimum Gasteiger partial charge on any atom is -0.396 e. The van der Waals surface area contributed by atoms with Gasteiger partial charge in [-0.05, 0) is 26.3 Å². The number of likely N-dealkylation sites (N-methyl/N-ethyl adjacent to an activating group) is 1. The zero-order chi connectivity index (χ0) is 34.1. The molecule has 0 rings (SSSR count). The van der Waals surface area contributed by atoms with Crippen molar-refractivity contribution in [2.45, 2.75) is 79.4 Å². The summed E-state index contributed by atoms with van der Waals surface area (Å²) in [6, 6.07) is 0. The van der Waals surface area contributed by atoms with E-state index in [0.717, 1.165) is 0 Å². The third-order valence-corrected chi connectivity index (χ3v) is 5.61. The third kappa shape index (κ3) is 22.7. The first-order chi connectivity index (χ1) is 19.4. The zero-order valence-electron chi connectivity index (χ0n) is 23.8. The Hall–Kier alpha value is -0.800. The van der Waals surface area contributed by atoms with Crippen LogP contribution in [0.15, 0.2) is 0 Å². The highest BCUT2D eigenvalue weighted by Gasteiger charge is 2.29. The topological polar surface area (TPSA) is 414 Å². The van der Waals surface area contributed by atoms with Crippen LogP contribution in [0.4, 0.5) is 0 Å². The van der Waals surface area contributed by atoms with Gasteiger partial charge >= 0.3 is 0 Å². The van der Waals surface area contributed by atoms with Crippen LogP contribution in [0.2, 0.25) is 0 Å². The largest absolute Gasteiger partial charge is 0.396 e. The van der Waals surface area contributed by atoms with Crippen LogP contribution in [0, 0.1) is 0 Å². The molecular formula is C22H56N4O16. The van der Waals surface area contributed by atoms with E-state index in [1.54, 1.807) is 0 Å². The fourth-order valence-electron chi connectivity index (χ4n) is 2.42. The van der Waals surface area contributed by atoms with Crippen LogP contribution in [0.5, 0.6) is 0 Å². The lowest BCUT2D eigenvalue weighted by molar-refractivity contribution is -0.120. The lowest BCUT2D eigenvalue weighted by Gasteiger charge is -2.26. The molecule has 0 aliphatic carbocycles. The van der Waals surface area contributed by atoms with Gasteiger partial charge in [0.2, 0.25) is 0 Å². The Bertz CT molecular complexity index is 543. The van der Waals surface area contributed by atoms with Gasteiger partial charge in [-0.3, -0.25) is 5.32 Å². The summed E-state index contributed by atoms with van der Waals surface area (Å²) < 4.78 is 0. The lowest BCUT2D eigenvalue weighted by Crippen LogP contribution is -2.50. The van der Waals surface area contributed by atoms with E-state index < -0.39 is 93.2 Å². The predicted molar refractivity (Wildman–Crippen MR) is 146 cm³/mol. The van der Waals surface area contributed by atoms with Crippen molar-refractivity contribution >= 4 is 0 Å². The first-order valence-electron chi connectivity index (χ1n) is 12.7.